The number of hydrogen-bond acceptors (Lipinski definition) is 2. The van der Waals surface area contributed by atoms with Crippen LogP contribution < -0.4 is 4.74 Å². The molecule has 0 saturated carbocycles. The molecular weight excluding hydrogens is 154 g/mol. The van der Waals surface area contributed by atoms with Crippen molar-refractivity contribution in [3.05, 3.63) is 34.2 Å². The fourth-order valence-corrected chi connectivity index (χ4v) is 1.29. The smallest absolute Gasteiger partial charge is 0.122 e. The number of ether oxygens (including phenoxy) is 1. The van der Waals surface area contributed by atoms with Crippen molar-refractivity contribution in [2.45, 2.75) is 6.42 Å². The normalized spacial score (nSPS) is 16.3. The number of azide groups is 1. The molecule has 0 aromatic heterocycles. The fraction of sp³-hybridized carbons (Fsp3) is 0.250. The zero-order valence-corrected chi connectivity index (χ0v) is 6.40. The molecule has 1 aromatic carbocycles. The van der Waals surface area contributed by atoms with Crippen molar-refractivity contribution < 1.29 is 21.0 Å². The molecule has 0 unspecified atom stereocenters. The summed E-state index contributed by atoms with van der Waals surface area (Å²) >= 11 is 0. The van der Waals surface area contributed by atoms with Crippen LogP contribution in [0.15, 0.2) is 23.3 Å². The summed E-state index contributed by atoms with van der Waals surface area (Å²) in [4.78, 5) is 2.72. The lowest BCUT2D eigenvalue weighted by molar-refractivity contribution is 0.357. The molecule has 12 heavy (non-hydrogen) atoms. The molecule has 0 bridgehead atoms. The van der Waals surface area contributed by atoms with Crippen LogP contribution in [0.4, 0.5) is 5.69 Å². The highest BCUT2D eigenvalue weighted by Crippen LogP contribution is 2.28. The predicted molar refractivity (Wildman–Crippen MR) is 57.1 cm³/mol. The summed E-state index contributed by atoms with van der Waals surface area (Å²) in [5.74, 6) is 0.909. The lowest BCUT2D eigenvalue weighted by Gasteiger charge is -1.97. The molecule has 0 atom stereocenters. The Morgan fingerprint density at radius 3 is 3.42 bits per heavy atom. The second-order valence-electron chi connectivity index (χ2n) is 2.58. The van der Waals surface area contributed by atoms with Gasteiger partial charge in [-0.15, -0.1) is 0 Å². The molecule has 1 aromatic rings. The van der Waals surface area contributed by atoms with Crippen LogP contribution in [-0.2, 0) is 6.42 Å². The average Bonchev–Trinajstić information content (AvgIpc) is 3.12. The average molecular weight is 184 g/mol. The minimum atomic E-state index is 0. The van der Waals surface area contributed by atoms with Crippen LogP contribution in [-0.4, -0.2) is 6.61 Å². The first-order chi connectivity index (χ1) is 10.9. The van der Waals surface area contributed by atoms with Gasteiger partial charge in [0, 0.05) is 33.3 Å². The number of nitrogens with zero attached hydrogens (tertiary/aromatic N) is 3. The van der Waals surface area contributed by atoms with E-state index in [4.69, 9.17) is 25.1 Å². The second-order valence-corrected chi connectivity index (χ2v) is 2.58. The molecule has 0 saturated heterocycles. The SMILES string of the molecule is [2HH].[2H][2H].[2H][2H].[2H][2H].[2H][2H].[2H][2H].[N-]=[N+]=Nc1ccc2c(c1)CCO2. The van der Waals surface area contributed by atoms with Gasteiger partial charge in [-0.2, -0.15) is 0 Å². The zero-order valence-electron chi connectivity index (χ0n) is 16.4. The van der Waals surface area contributed by atoms with Crippen LogP contribution >= 0.6 is 0 Å². The van der Waals surface area contributed by atoms with Crippen LogP contribution in [0.2, 0.25) is 0 Å². The van der Waals surface area contributed by atoms with Gasteiger partial charge in [-0.25, -0.2) is 0 Å². The van der Waals surface area contributed by atoms with E-state index >= 15 is 0 Å². The van der Waals surface area contributed by atoms with Crippen molar-refractivity contribution >= 4 is 5.69 Å². The Hall–Kier alpha value is -1.67. The first-order valence-corrected chi connectivity index (χ1v) is 3.71. The van der Waals surface area contributed by atoms with Crippen LogP contribution in [0.5, 0.6) is 5.75 Å². The maximum atomic E-state index is 8.20. The summed E-state index contributed by atoms with van der Waals surface area (Å²) in [5.41, 5.74) is 9.97. The Labute approximate surface area is 86.3 Å². The van der Waals surface area contributed by atoms with Gasteiger partial charge in [0.2, 0.25) is 0 Å². The number of fused-ring (bicyclic) bond motifs is 1. The summed E-state index contributed by atoms with van der Waals surface area (Å²) in [6.45, 7) is 0.731. The highest BCUT2D eigenvalue weighted by atomic mass is 16.5. The monoisotopic (exact) mass is 184 g/mol. The highest BCUT2D eigenvalue weighted by Gasteiger charge is 2.10. The van der Waals surface area contributed by atoms with E-state index in [1.54, 1.807) is 6.07 Å². The van der Waals surface area contributed by atoms with Crippen molar-refractivity contribution in [3.63, 3.8) is 0 Å². The van der Waals surface area contributed by atoms with Crippen LogP contribution in [0.25, 0.3) is 10.4 Å². The molecule has 0 amide bonds. The predicted octanol–water partition coefficient (Wildman–Crippen LogP) is 4.04. The molecule has 0 radical (unpaired) electrons. The van der Waals surface area contributed by atoms with Gasteiger partial charge >= 0.3 is 0 Å². The summed E-state index contributed by atoms with van der Waals surface area (Å²) in [6.07, 6.45) is 0.907. The Kier molecular flexibility index (Phi) is 0.774. The van der Waals surface area contributed by atoms with E-state index in [1.807, 2.05) is 12.1 Å². The maximum absolute atomic E-state index is 8.20. The van der Waals surface area contributed by atoms with Crippen molar-refractivity contribution in [1.82, 2.24) is 0 Å². The quantitative estimate of drug-likeness (QED) is 0.369. The second kappa shape index (κ2) is 2.75. The Morgan fingerprint density at radius 1 is 1.67 bits per heavy atom. The molecule has 72 valence electrons. The van der Waals surface area contributed by atoms with Crippen LogP contribution in [0.3, 0.4) is 0 Å². The third-order valence-corrected chi connectivity index (χ3v) is 1.83. The van der Waals surface area contributed by atoms with E-state index in [9.17, 15) is 0 Å². The van der Waals surface area contributed by atoms with Gasteiger partial charge in [-0.3, -0.25) is 0 Å². The van der Waals surface area contributed by atoms with Gasteiger partial charge in [0.1, 0.15) is 5.75 Å². The van der Waals surface area contributed by atoms with Crippen molar-refractivity contribution in [1.29, 1.82) is 0 Å². The topological polar surface area (TPSA) is 58.0 Å². The Morgan fingerprint density at radius 2 is 2.58 bits per heavy atom. The molecule has 0 fully saturated rings. The molecule has 0 N–H and O–H groups in total. The largest absolute Gasteiger partial charge is 0.493 e. The van der Waals surface area contributed by atoms with E-state index in [2.05, 4.69) is 10.0 Å². The van der Waals surface area contributed by atoms with Gasteiger partial charge < -0.3 is 4.74 Å². The number of rotatable bonds is 1. The molecule has 2 rings (SSSR count). The minimum absolute atomic E-state index is 0. The molecule has 4 nitrogen and oxygen atoms in total. The van der Waals surface area contributed by atoms with Gasteiger partial charge in [-0.05, 0) is 29.3 Å². The van der Waals surface area contributed by atoms with E-state index < -0.39 is 0 Å². The van der Waals surface area contributed by atoms with Crippen LogP contribution in [0, 0.1) is 0 Å². The summed E-state index contributed by atoms with van der Waals surface area (Å²) < 4.78 is 55.3. The molecular formula is C8H19N3O. The zero-order chi connectivity index (χ0) is 18.4. The molecule has 1 aliphatic heterocycles. The molecule has 0 aliphatic carbocycles. The first kappa shape index (κ1) is 3.37. The summed E-state index contributed by atoms with van der Waals surface area (Å²) in [6, 6.07) is 5.46. The van der Waals surface area contributed by atoms with Crippen molar-refractivity contribution in [3.8, 4) is 5.75 Å². The Balaban J connectivity index is -0.0000000852. The lowest BCUT2D eigenvalue weighted by Crippen LogP contribution is -1.85. The third-order valence-electron chi connectivity index (χ3n) is 1.83. The number of benzene rings is 1. The van der Waals surface area contributed by atoms with Crippen molar-refractivity contribution in [2.75, 3.05) is 6.61 Å². The standard InChI is InChI=1S/C8H7N3O.6H2/c9-11-10-7-1-2-8-6(5-7)3-4-12-8;;;;;;/h1-2,5H,3-4H2;6*1H/i;5*1+1D;1+1. The minimum Gasteiger partial charge on any atom is -0.493 e. The Bertz CT molecular complexity index is 378. The van der Waals surface area contributed by atoms with Gasteiger partial charge in [0.25, 0.3) is 0 Å². The summed E-state index contributed by atoms with van der Waals surface area (Å²) in [7, 11) is 0. The highest BCUT2D eigenvalue weighted by molar-refractivity contribution is 5.48. The molecule has 0 spiro atoms. The molecule has 1 aliphatic rings. The van der Waals surface area contributed by atoms with Gasteiger partial charge in [0.15, 0.2) is 0 Å². The van der Waals surface area contributed by atoms with E-state index in [0.717, 1.165) is 24.3 Å². The third kappa shape index (κ3) is 1.08. The maximum Gasteiger partial charge on any atom is 0.122 e. The van der Waals surface area contributed by atoms with E-state index in [0.29, 0.717) is 5.69 Å². The van der Waals surface area contributed by atoms with Gasteiger partial charge in [-0.1, -0.05) is 5.11 Å². The lowest BCUT2D eigenvalue weighted by atomic mass is 10.1. The van der Waals surface area contributed by atoms with E-state index in [-0.39, 0.29) is 1.43 Å². The van der Waals surface area contributed by atoms with E-state index in [1.165, 1.54) is 0 Å². The first-order valence-electron chi connectivity index (χ1n) is 8.71. The fourth-order valence-electron chi connectivity index (χ4n) is 1.29. The molecule has 4 heteroatoms. The molecule has 1 heterocycles. The van der Waals surface area contributed by atoms with Crippen LogP contribution in [0.1, 0.15) is 21.8 Å². The van der Waals surface area contributed by atoms with Crippen molar-refractivity contribution in [2.24, 2.45) is 5.11 Å². The number of hydrogen-bond donors (Lipinski definition) is 0. The summed E-state index contributed by atoms with van der Waals surface area (Å²) in [5, 5.41) is 3.51. The van der Waals surface area contributed by atoms with Gasteiger partial charge in [0.05, 0.1) is 6.61 Å².